The van der Waals surface area contributed by atoms with E-state index in [0.29, 0.717) is 28.3 Å². The summed E-state index contributed by atoms with van der Waals surface area (Å²) in [5.41, 5.74) is 8.56. The Labute approximate surface area is 397 Å². The highest BCUT2D eigenvalue weighted by molar-refractivity contribution is 6.10. The van der Waals surface area contributed by atoms with Crippen molar-refractivity contribution < 1.29 is 17.1 Å². The fourth-order valence-electron chi connectivity index (χ4n) is 8.84. The first-order valence-electron chi connectivity index (χ1n) is 26.6. The number of nitrogens with zero attached hydrogens (tertiary/aromatic N) is 4. The predicted molar refractivity (Wildman–Crippen MR) is 274 cm³/mol. The standard InChI is InChI=1S/C60H58N4O/c1-58(2,3)42-27-30-52-51(35-42)50-29-28-46(38-55(50)64(52)56-36-43(31-32-61-56)59(4,5)6)65-47-34-44(60(7,8)9)33-45(37-47)62-39-63(54-26-17-16-25-53(54)62)57-48(40-19-12-10-13-20-40)23-18-24-49(57)41-21-14-11-15-22-41/h10-38H,39H2,1-9H3/i10D,11D,12D,13D,14D,15D,19D,20D,21D. The number of rotatable bonds is 7. The zero-order valence-electron chi connectivity index (χ0n) is 47.5. The number of ether oxygens (including phenoxy) is 1. The molecule has 10 rings (SSSR count). The molecule has 0 saturated carbocycles. The zero-order chi connectivity index (χ0) is 53.1. The highest BCUT2D eigenvalue weighted by atomic mass is 16.5. The maximum atomic E-state index is 9.12. The molecule has 324 valence electrons. The van der Waals surface area contributed by atoms with E-state index in [4.69, 9.17) is 22.1 Å². The first-order valence-corrected chi connectivity index (χ1v) is 22.1. The second-order valence-corrected chi connectivity index (χ2v) is 20.0. The van der Waals surface area contributed by atoms with E-state index in [0.717, 1.165) is 50.2 Å². The fraction of sp³-hybridized carbons (Fsp3) is 0.217. The number of anilines is 4. The predicted octanol–water partition coefficient (Wildman–Crippen LogP) is 16.4. The van der Waals surface area contributed by atoms with Crippen LogP contribution < -0.4 is 14.5 Å². The number of pyridine rings is 1. The van der Waals surface area contributed by atoms with Crippen molar-refractivity contribution in [1.29, 1.82) is 0 Å². The molecule has 0 radical (unpaired) electrons. The van der Waals surface area contributed by atoms with E-state index >= 15 is 0 Å². The third-order valence-corrected chi connectivity index (χ3v) is 12.4. The molecule has 9 aromatic rings. The lowest BCUT2D eigenvalue weighted by Gasteiger charge is -2.28. The lowest BCUT2D eigenvalue weighted by molar-refractivity contribution is 0.479. The summed E-state index contributed by atoms with van der Waals surface area (Å²) in [5, 5.41) is 2.20. The highest BCUT2D eigenvalue weighted by Gasteiger charge is 2.32. The van der Waals surface area contributed by atoms with Gasteiger partial charge in [0.1, 0.15) is 24.0 Å². The van der Waals surface area contributed by atoms with Gasteiger partial charge in [-0.3, -0.25) is 4.57 Å². The van der Waals surface area contributed by atoms with Crippen LogP contribution in [0, 0.1) is 0 Å². The Kier molecular flexibility index (Phi) is 7.93. The molecule has 0 unspecified atom stereocenters. The van der Waals surface area contributed by atoms with Crippen LogP contribution in [0.3, 0.4) is 0 Å². The van der Waals surface area contributed by atoms with Gasteiger partial charge >= 0.3 is 0 Å². The molecule has 0 bridgehead atoms. The smallest absolute Gasteiger partial charge is 0.137 e. The van der Waals surface area contributed by atoms with E-state index in [1.807, 2.05) is 47.5 Å². The van der Waals surface area contributed by atoms with E-state index in [-0.39, 0.29) is 52.2 Å². The van der Waals surface area contributed by atoms with Crippen LogP contribution in [-0.4, -0.2) is 16.2 Å². The molecule has 0 aliphatic carbocycles. The summed E-state index contributed by atoms with van der Waals surface area (Å²) < 4.78 is 87.9. The molecule has 2 aromatic heterocycles. The minimum absolute atomic E-state index is 0.0293. The summed E-state index contributed by atoms with van der Waals surface area (Å²) in [6.07, 6.45) is 1.88. The first kappa shape index (κ1) is 32.5. The van der Waals surface area contributed by atoms with E-state index < -0.39 is 36.3 Å². The average molecular weight is 860 g/mol. The van der Waals surface area contributed by atoms with Crippen LogP contribution >= 0.6 is 0 Å². The molecule has 3 heterocycles. The Balaban J connectivity index is 1.14. The highest BCUT2D eigenvalue weighted by Crippen LogP contribution is 2.51. The summed E-state index contributed by atoms with van der Waals surface area (Å²) in [6.45, 7) is 19.9. The number of benzene rings is 7. The van der Waals surface area contributed by atoms with Crippen molar-refractivity contribution in [2.24, 2.45) is 0 Å². The van der Waals surface area contributed by atoms with Gasteiger partial charge in [-0.2, -0.15) is 0 Å². The van der Waals surface area contributed by atoms with E-state index in [2.05, 4.69) is 126 Å². The molecule has 0 fully saturated rings. The number of para-hydroxylation sites is 3. The number of hydrogen-bond donors (Lipinski definition) is 0. The molecule has 0 N–H and O–H groups in total. The topological polar surface area (TPSA) is 33.5 Å². The van der Waals surface area contributed by atoms with Crippen molar-refractivity contribution in [3.05, 3.63) is 193 Å². The van der Waals surface area contributed by atoms with Crippen LogP contribution in [0.4, 0.5) is 22.7 Å². The Morgan fingerprint density at radius 3 is 1.89 bits per heavy atom. The van der Waals surface area contributed by atoms with Crippen LogP contribution in [0.5, 0.6) is 11.5 Å². The van der Waals surface area contributed by atoms with Gasteiger partial charge in [0.25, 0.3) is 0 Å². The van der Waals surface area contributed by atoms with Crippen molar-refractivity contribution in [3.63, 3.8) is 0 Å². The summed E-state index contributed by atoms with van der Waals surface area (Å²) in [5.74, 6) is 2.06. The van der Waals surface area contributed by atoms with Crippen molar-refractivity contribution in [3.8, 4) is 39.6 Å². The quantitative estimate of drug-likeness (QED) is 0.160. The van der Waals surface area contributed by atoms with Crippen LogP contribution in [0.25, 0.3) is 49.9 Å². The third kappa shape index (κ3) is 7.84. The zero-order valence-corrected chi connectivity index (χ0v) is 38.5. The number of fused-ring (bicyclic) bond motifs is 4. The lowest BCUT2D eigenvalue weighted by atomic mass is 9.86. The molecule has 0 saturated heterocycles. The maximum absolute atomic E-state index is 9.12. The molecule has 65 heavy (non-hydrogen) atoms. The van der Waals surface area contributed by atoms with Gasteiger partial charge in [-0.15, -0.1) is 0 Å². The summed E-state index contributed by atoms with van der Waals surface area (Å²) in [7, 11) is 0. The molecular formula is C60H58N4O. The molecule has 7 aromatic carbocycles. The van der Waals surface area contributed by atoms with E-state index in [9.17, 15) is 0 Å². The average Bonchev–Trinajstić information content (AvgIpc) is 3.90. The maximum Gasteiger partial charge on any atom is 0.137 e. The van der Waals surface area contributed by atoms with Crippen molar-refractivity contribution >= 4 is 44.6 Å². The number of aromatic nitrogens is 2. The van der Waals surface area contributed by atoms with Gasteiger partial charge < -0.3 is 14.5 Å². The SMILES string of the molecule is [2H]c1cc(-c2cccc(-c3c([2H])c([2H])c([2H])c([2H])c3[2H])c2N2CN(c3cc(Oc4ccc5c6cc(C(C)(C)C)ccc6n(-c6cc(C(C)(C)C)ccn6)c5c4)cc(C(C)(C)C)c3)c3ccccc32)c([2H])c([2H])c1[2H]. The minimum atomic E-state index is -0.520. The Hall–Kier alpha value is -7.11. The Bertz CT molecular complexity index is 3740. The van der Waals surface area contributed by atoms with Crippen LogP contribution in [0.15, 0.2) is 176 Å². The summed E-state index contributed by atoms with van der Waals surface area (Å²) >= 11 is 0. The van der Waals surface area contributed by atoms with Gasteiger partial charge in [0, 0.05) is 45.9 Å². The van der Waals surface area contributed by atoms with Gasteiger partial charge in [-0.25, -0.2) is 4.98 Å². The molecule has 0 spiro atoms. The largest absolute Gasteiger partial charge is 0.457 e. The molecule has 1 aliphatic rings. The lowest BCUT2D eigenvalue weighted by Crippen LogP contribution is -2.25. The summed E-state index contributed by atoms with van der Waals surface area (Å²) in [6, 6.07) is 34.2. The third-order valence-electron chi connectivity index (χ3n) is 12.4. The second kappa shape index (κ2) is 15.8. The normalized spacial score (nSPS) is 15.1. The molecular weight excluding hydrogens is 793 g/mol. The van der Waals surface area contributed by atoms with Gasteiger partial charge in [0.15, 0.2) is 0 Å². The molecule has 0 amide bonds. The molecule has 5 heteroatoms. The van der Waals surface area contributed by atoms with Crippen LogP contribution in [-0.2, 0) is 16.2 Å². The van der Waals surface area contributed by atoms with E-state index in [1.54, 1.807) is 18.2 Å². The van der Waals surface area contributed by atoms with Gasteiger partial charge in [0.05, 0.1) is 40.4 Å². The van der Waals surface area contributed by atoms with Gasteiger partial charge in [0.2, 0.25) is 0 Å². The molecule has 1 aliphatic heterocycles. The van der Waals surface area contributed by atoms with Crippen molar-refractivity contribution in [2.75, 3.05) is 16.5 Å². The molecule has 5 nitrogen and oxygen atoms in total. The van der Waals surface area contributed by atoms with Crippen molar-refractivity contribution in [1.82, 2.24) is 9.55 Å². The van der Waals surface area contributed by atoms with Crippen LogP contribution in [0.2, 0.25) is 0 Å². The summed E-state index contributed by atoms with van der Waals surface area (Å²) in [4.78, 5) is 9.07. The Morgan fingerprint density at radius 1 is 0.508 bits per heavy atom. The van der Waals surface area contributed by atoms with Crippen LogP contribution in [0.1, 0.15) is 91.3 Å². The van der Waals surface area contributed by atoms with E-state index in [1.165, 1.54) is 17.2 Å². The number of hydrogen-bond acceptors (Lipinski definition) is 4. The minimum Gasteiger partial charge on any atom is -0.457 e. The Morgan fingerprint density at radius 2 is 1.17 bits per heavy atom. The first-order chi connectivity index (χ1) is 34.8. The van der Waals surface area contributed by atoms with Crippen molar-refractivity contribution in [2.45, 2.75) is 78.6 Å². The molecule has 0 atom stereocenters. The monoisotopic (exact) mass is 860 g/mol. The second-order valence-electron chi connectivity index (χ2n) is 20.0. The van der Waals surface area contributed by atoms with Gasteiger partial charge in [-0.1, -0.05) is 159 Å². The van der Waals surface area contributed by atoms with Gasteiger partial charge in [-0.05, 0) is 105 Å². The fourth-order valence-corrected chi connectivity index (χ4v) is 8.84.